The fraction of sp³-hybridized carbons (Fsp3) is 0.462. The molecule has 1 aromatic rings. The van der Waals surface area contributed by atoms with E-state index in [1.165, 1.54) is 0 Å². The quantitative estimate of drug-likeness (QED) is 0.767. The molecule has 0 N–H and O–H groups in total. The summed E-state index contributed by atoms with van der Waals surface area (Å²) < 4.78 is 16.1. The van der Waals surface area contributed by atoms with Crippen LogP contribution in [0.5, 0.6) is 0 Å². The van der Waals surface area contributed by atoms with Crippen LogP contribution in [0.3, 0.4) is 0 Å². The van der Waals surface area contributed by atoms with E-state index in [0.717, 1.165) is 5.75 Å². The first-order chi connectivity index (χ1) is 8.79. The second-order valence-corrected chi connectivity index (χ2v) is 4.94. The Morgan fingerprint density at radius 1 is 1.44 bits per heavy atom. The van der Waals surface area contributed by atoms with Gasteiger partial charge in [0.1, 0.15) is 12.0 Å². The van der Waals surface area contributed by atoms with Crippen molar-refractivity contribution < 1.29 is 19.0 Å². The highest BCUT2D eigenvalue weighted by Crippen LogP contribution is 2.26. The van der Waals surface area contributed by atoms with Crippen LogP contribution in [0.25, 0.3) is 0 Å². The number of benzene rings is 1. The van der Waals surface area contributed by atoms with E-state index >= 15 is 0 Å². The molecule has 5 heteroatoms. The Hall–Kier alpha value is -1.04. The van der Waals surface area contributed by atoms with Gasteiger partial charge in [0.25, 0.3) is 0 Å². The molecule has 2 unspecified atom stereocenters. The summed E-state index contributed by atoms with van der Waals surface area (Å²) in [6.45, 7) is 2.81. The first-order valence-corrected chi connectivity index (χ1v) is 6.95. The normalized spacial score (nSPS) is 22.9. The lowest BCUT2D eigenvalue weighted by molar-refractivity contribution is -0.129. The fourth-order valence-electron chi connectivity index (χ4n) is 1.60. The fourth-order valence-corrected chi connectivity index (χ4v) is 2.51. The van der Waals surface area contributed by atoms with Gasteiger partial charge in [-0.25, -0.2) is 4.79 Å². The van der Waals surface area contributed by atoms with Crippen LogP contribution in [0.4, 0.5) is 0 Å². The smallest absolute Gasteiger partial charge is 0.338 e. The molecule has 0 saturated carbocycles. The molecule has 1 aliphatic heterocycles. The van der Waals surface area contributed by atoms with E-state index < -0.39 is 0 Å². The van der Waals surface area contributed by atoms with Crippen molar-refractivity contribution in [1.29, 1.82) is 0 Å². The summed E-state index contributed by atoms with van der Waals surface area (Å²) in [6.07, 6.45) is -0.180. The summed E-state index contributed by atoms with van der Waals surface area (Å²) in [4.78, 5) is 11.7. The molecule has 2 rings (SSSR count). The zero-order valence-electron chi connectivity index (χ0n) is 10.2. The lowest BCUT2D eigenvalue weighted by Gasteiger charge is -2.12. The van der Waals surface area contributed by atoms with Gasteiger partial charge in [0, 0.05) is 12.4 Å². The first kappa shape index (κ1) is 13.4. The molecule has 0 spiro atoms. The molecule has 1 aromatic carbocycles. The molecular weight excluding hydrogens is 252 g/mol. The maximum Gasteiger partial charge on any atom is 0.338 e. The number of carbonyl (C=O) groups is 1. The van der Waals surface area contributed by atoms with Crippen molar-refractivity contribution >= 4 is 17.7 Å². The molecule has 4 nitrogen and oxygen atoms in total. The number of thioether (sulfide) groups is 1. The molecule has 2 atom stereocenters. The molecule has 1 heterocycles. The molecule has 98 valence electrons. The van der Waals surface area contributed by atoms with Gasteiger partial charge in [0.2, 0.25) is 0 Å². The average molecular weight is 268 g/mol. The monoisotopic (exact) mass is 268 g/mol. The number of ether oxygens (including phenoxy) is 3. The number of esters is 1. The van der Waals surface area contributed by atoms with E-state index in [1.807, 2.05) is 25.1 Å². The highest BCUT2D eigenvalue weighted by atomic mass is 32.2. The summed E-state index contributed by atoms with van der Waals surface area (Å²) in [5.41, 5.74) is 0.427. The Morgan fingerprint density at radius 2 is 2.22 bits per heavy atom. The van der Waals surface area contributed by atoms with Crippen LogP contribution < -0.4 is 0 Å². The molecule has 0 aromatic heterocycles. The van der Waals surface area contributed by atoms with Crippen molar-refractivity contribution in [2.75, 3.05) is 19.0 Å². The zero-order valence-corrected chi connectivity index (χ0v) is 11.0. The van der Waals surface area contributed by atoms with Crippen LogP contribution in [0.1, 0.15) is 17.3 Å². The maximum absolute atomic E-state index is 11.7. The third-order valence-corrected chi connectivity index (χ3v) is 3.52. The standard InChI is InChI=1S/C13H16O4S/c1-2-15-11-9-18-12(17-11)8-16-13(14)10-6-4-3-5-7-10/h3-7,11-12H,2,8-9H2,1H3. The Labute approximate surface area is 111 Å². The van der Waals surface area contributed by atoms with Crippen LogP contribution >= 0.6 is 11.8 Å². The van der Waals surface area contributed by atoms with Crippen molar-refractivity contribution in [2.45, 2.75) is 18.6 Å². The number of rotatable bonds is 5. The molecule has 1 aliphatic rings. The molecule has 1 fully saturated rings. The molecule has 0 bridgehead atoms. The Kier molecular flexibility index (Phi) is 5.04. The van der Waals surface area contributed by atoms with Gasteiger partial charge in [-0.1, -0.05) is 18.2 Å². The topological polar surface area (TPSA) is 44.8 Å². The molecule has 18 heavy (non-hydrogen) atoms. The third kappa shape index (κ3) is 3.73. The van der Waals surface area contributed by atoms with Gasteiger partial charge < -0.3 is 14.2 Å². The van der Waals surface area contributed by atoms with E-state index in [-0.39, 0.29) is 24.3 Å². The number of hydrogen-bond acceptors (Lipinski definition) is 5. The van der Waals surface area contributed by atoms with Crippen molar-refractivity contribution in [2.24, 2.45) is 0 Å². The minimum Gasteiger partial charge on any atom is -0.458 e. The van der Waals surface area contributed by atoms with Crippen molar-refractivity contribution in [3.05, 3.63) is 35.9 Å². The lowest BCUT2D eigenvalue weighted by atomic mass is 10.2. The van der Waals surface area contributed by atoms with Gasteiger partial charge in [-0.3, -0.25) is 0 Å². The highest BCUT2D eigenvalue weighted by Gasteiger charge is 2.27. The van der Waals surface area contributed by atoms with Crippen molar-refractivity contribution in [1.82, 2.24) is 0 Å². The lowest BCUT2D eigenvalue weighted by Crippen LogP contribution is -2.20. The van der Waals surface area contributed by atoms with Crippen LogP contribution in [-0.4, -0.2) is 36.7 Å². The summed E-state index contributed by atoms with van der Waals surface area (Å²) in [5, 5.41) is 0. The van der Waals surface area contributed by atoms with E-state index in [4.69, 9.17) is 14.2 Å². The maximum atomic E-state index is 11.7. The van der Waals surface area contributed by atoms with E-state index in [2.05, 4.69) is 0 Å². The Morgan fingerprint density at radius 3 is 2.94 bits per heavy atom. The highest BCUT2D eigenvalue weighted by molar-refractivity contribution is 8.00. The predicted molar refractivity (Wildman–Crippen MR) is 69.5 cm³/mol. The molecule has 0 radical (unpaired) electrons. The Bertz CT molecular complexity index is 382. The van der Waals surface area contributed by atoms with Crippen LogP contribution in [0.2, 0.25) is 0 Å². The van der Waals surface area contributed by atoms with E-state index in [0.29, 0.717) is 12.2 Å². The van der Waals surface area contributed by atoms with Gasteiger partial charge in [0.15, 0.2) is 6.29 Å². The van der Waals surface area contributed by atoms with Crippen LogP contribution in [-0.2, 0) is 14.2 Å². The number of hydrogen-bond donors (Lipinski definition) is 0. The second-order valence-electron chi connectivity index (χ2n) is 3.75. The van der Waals surface area contributed by atoms with Gasteiger partial charge in [-0.05, 0) is 19.1 Å². The van der Waals surface area contributed by atoms with Gasteiger partial charge in [-0.15, -0.1) is 11.8 Å². The molecule has 0 amide bonds. The first-order valence-electron chi connectivity index (χ1n) is 5.90. The summed E-state index contributed by atoms with van der Waals surface area (Å²) >= 11 is 1.60. The van der Waals surface area contributed by atoms with E-state index in [1.54, 1.807) is 23.9 Å². The van der Waals surface area contributed by atoms with Crippen molar-refractivity contribution in [3.8, 4) is 0 Å². The molecular formula is C13H16O4S. The third-order valence-electron chi connectivity index (χ3n) is 2.43. The van der Waals surface area contributed by atoms with Gasteiger partial charge >= 0.3 is 5.97 Å². The minimum atomic E-state index is -0.320. The zero-order chi connectivity index (χ0) is 12.8. The Balaban J connectivity index is 1.74. The second kappa shape index (κ2) is 6.78. The summed E-state index contributed by atoms with van der Waals surface area (Å²) in [7, 11) is 0. The molecule has 1 saturated heterocycles. The average Bonchev–Trinajstić information content (AvgIpc) is 2.85. The molecule has 0 aliphatic carbocycles. The minimum absolute atomic E-state index is 0.130. The van der Waals surface area contributed by atoms with E-state index in [9.17, 15) is 4.79 Å². The van der Waals surface area contributed by atoms with Crippen LogP contribution in [0, 0.1) is 0 Å². The summed E-state index contributed by atoms with van der Waals surface area (Å²) in [5.74, 6) is 0.459. The summed E-state index contributed by atoms with van der Waals surface area (Å²) in [6, 6.07) is 8.94. The predicted octanol–water partition coefficient (Wildman–Crippen LogP) is 2.30. The van der Waals surface area contributed by atoms with Gasteiger partial charge in [-0.2, -0.15) is 0 Å². The number of carbonyl (C=O) groups excluding carboxylic acids is 1. The SMILES string of the molecule is CCOC1CSC(COC(=O)c2ccccc2)O1. The van der Waals surface area contributed by atoms with Gasteiger partial charge in [0.05, 0.1) is 5.56 Å². The largest absolute Gasteiger partial charge is 0.458 e. The van der Waals surface area contributed by atoms with Crippen LogP contribution in [0.15, 0.2) is 30.3 Å². The van der Waals surface area contributed by atoms with Crippen molar-refractivity contribution in [3.63, 3.8) is 0 Å².